The molecule has 2 aromatic carbocycles. The molecule has 1 heterocycles. The van der Waals surface area contributed by atoms with Gasteiger partial charge in [-0.25, -0.2) is 12.7 Å². The summed E-state index contributed by atoms with van der Waals surface area (Å²) in [5.74, 6) is -0.472. The Hall–Kier alpha value is -2.87. The van der Waals surface area contributed by atoms with Crippen LogP contribution in [-0.2, 0) is 14.8 Å². The Morgan fingerprint density at radius 2 is 1.75 bits per heavy atom. The molecule has 3 rings (SSSR count). The summed E-state index contributed by atoms with van der Waals surface area (Å²) in [5.41, 5.74) is 0.953. The van der Waals surface area contributed by atoms with Crippen LogP contribution in [0.4, 0.5) is 0 Å². The lowest BCUT2D eigenvalue weighted by Gasteiger charge is -2.24. The van der Waals surface area contributed by atoms with E-state index >= 15 is 0 Å². The van der Waals surface area contributed by atoms with E-state index in [0.29, 0.717) is 10.1 Å². The van der Waals surface area contributed by atoms with Crippen LogP contribution in [0.3, 0.4) is 0 Å². The van der Waals surface area contributed by atoms with Gasteiger partial charge < -0.3 is 10.1 Å². The molecular formula is C20H22N2O5S. The van der Waals surface area contributed by atoms with Crippen LogP contribution in [-0.4, -0.2) is 38.2 Å². The number of carbonyl (C=O) groups excluding carboxylic acids is 2. The quantitative estimate of drug-likeness (QED) is 0.801. The number of hydrogen-bond acceptors (Lipinski definition) is 5. The SMILES string of the molecule is COc1ccc(C(NC(=O)CN2C(=O)c3ccccc3S2(=O)=O)C(C)C)cc1. The van der Waals surface area contributed by atoms with Crippen molar-refractivity contribution in [2.45, 2.75) is 24.8 Å². The number of benzene rings is 2. The minimum Gasteiger partial charge on any atom is -0.497 e. The second-order valence-electron chi connectivity index (χ2n) is 6.88. The molecule has 1 aliphatic rings. The number of amides is 2. The molecule has 1 N–H and O–H groups in total. The Kier molecular flexibility index (Phi) is 5.42. The first kappa shape index (κ1) is 19.9. The van der Waals surface area contributed by atoms with Crippen molar-refractivity contribution >= 4 is 21.8 Å². The molecule has 28 heavy (non-hydrogen) atoms. The predicted octanol–water partition coefficient (Wildman–Crippen LogP) is 2.35. The number of carbonyl (C=O) groups is 2. The number of nitrogens with one attached hydrogen (secondary N) is 1. The second kappa shape index (κ2) is 7.63. The summed E-state index contributed by atoms with van der Waals surface area (Å²) in [6.07, 6.45) is 0. The van der Waals surface area contributed by atoms with Gasteiger partial charge in [-0.05, 0) is 35.7 Å². The maximum Gasteiger partial charge on any atom is 0.269 e. The topological polar surface area (TPSA) is 92.8 Å². The molecule has 0 saturated heterocycles. The zero-order chi connectivity index (χ0) is 20.5. The minimum atomic E-state index is -4.01. The van der Waals surface area contributed by atoms with Crippen molar-refractivity contribution in [3.05, 3.63) is 59.7 Å². The Morgan fingerprint density at radius 3 is 2.32 bits per heavy atom. The highest BCUT2D eigenvalue weighted by Crippen LogP contribution is 2.30. The van der Waals surface area contributed by atoms with Crippen LogP contribution < -0.4 is 10.1 Å². The summed E-state index contributed by atoms with van der Waals surface area (Å²) >= 11 is 0. The van der Waals surface area contributed by atoms with E-state index in [-0.39, 0.29) is 22.4 Å². The third-order valence-electron chi connectivity index (χ3n) is 4.66. The molecule has 2 amide bonds. The lowest BCUT2D eigenvalue weighted by atomic mass is 9.96. The Morgan fingerprint density at radius 1 is 1.11 bits per heavy atom. The zero-order valence-electron chi connectivity index (χ0n) is 15.9. The molecule has 148 valence electrons. The summed E-state index contributed by atoms with van der Waals surface area (Å²) in [6, 6.07) is 12.9. The van der Waals surface area contributed by atoms with Crippen molar-refractivity contribution in [1.82, 2.24) is 9.62 Å². The Labute approximate surface area is 164 Å². The lowest BCUT2D eigenvalue weighted by molar-refractivity contribution is -0.122. The fourth-order valence-corrected chi connectivity index (χ4v) is 4.71. The number of methoxy groups -OCH3 is 1. The van der Waals surface area contributed by atoms with Crippen molar-refractivity contribution in [1.29, 1.82) is 0 Å². The molecule has 0 saturated carbocycles. The highest BCUT2D eigenvalue weighted by molar-refractivity contribution is 7.90. The monoisotopic (exact) mass is 402 g/mol. The van der Waals surface area contributed by atoms with Gasteiger partial charge in [0.25, 0.3) is 15.9 Å². The van der Waals surface area contributed by atoms with Crippen molar-refractivity contribution in [2.24, 2.45) is 5.92 Å². The van der Waals surface area contributed by atoms with Crippen molar-refractivity contribution < 1.29 is 22.7 Å². The van der Waals surface area contributed by atoms with Gasteiger partial charge >= 0.3 is 0 Å². The van der Waals surface area contributed by atoms with Crippen molar-refractivity contribution in [2.75, 3.05) is 13.7 Å². The average Bonchev–Trinajstić information content (AvgIpc) is 2.87. The van der Waals surface area contributed by atoms with E-state index < -0.39 is 28.4 Å². The molecule has 0 bridgehead atoms. The highest BCUT2D eigenvalue weighted by atomic mass is 32.2. The Balaban J connectivity index is 1.78. The van der Waals surface area contributed by atoms with Crippen LogP contribution in [0.5, 0.6) is 5.75 Å². The van der Waals surface area contributed by atoms with Gasteiger partial charge in [0, 0.05) is 0 Å². The fourth-order valence-electron chi connectivity index (χ4n) is 3.18. The fraction of sp³-hybridized carbons (Fsp3) is 0.300. The largest absolute Gasteiger partial charge is 0.497 e. The van der Waals surface area contributed by atoms with Crippen LogP contribution in [0, 0.1) is 5.92 Å². The molecule has 7 nitrogen and oxygen atoms in total. The van der Waals surface area contributed by atoms with E-state index in [4.69, 9.17) is 4.74 Å². The van der Waals surface area contributed by atoms with Crippen molar-refractivity contribution in [3.63, 3.8) is 0 Å². The molecule has 1 aliphatic heterocycles. The molecule has 0 spiro atoms. The number of nitrogens with zero attached hydrogens (tertiary/aromatic N) is 1. The smallest absolute Gasteiger partial charge is 0.269 e. The molecule has 1 atom stereocenters. The normalized spacial score (nSPS) is 16.0. The standard InChI is InChI=1S/C20H22N2O5S/c1-13(2)19(14-8-10-15(27-3)11-9-14)21-18(23)12-22-20(24)16-6-4-5-7-17(16)28(22,25)26/h4-11,13,19H,12H2,1-3H3,(H,21,23). The van der Waals surface area contributed by atoms with E-state index in [1.165, 1.54) is 12.1 Å². The van der Waals surface area contributed by atoms with Gasteiger partial charge in [-0.1, -0.05) is 38.1 Å². The van der Waals surface area contributed by atoms with E-state index in [0.717, 1.165) is 5.56 Å². The first-order valence-corrected chi connectivity index (χ1v) is 10.3. The average molecular weight is 402 g/mol. The third kappa shape index (κ3) is 3.60. The molecule has 2 aromatic rings. The number of rotatable bonds is 6. The van der Waals surface area contributed by atoms with Crippen LogP contribution >= 0.6 is 0 Å². The maximum absolute atomic E-state index is 12.6. The van der Waals surface area contributed by atoms with E-state index in [1.54, 1.807) is 31.4 Å². The van der Waals surface area contributed by atoms with Gasteiger partial charge in [-0.2, -0.15) is 0 Å². The number of ether oxygens (including phenoxy) is 1. The number of hydrogen-bond donors (Lipinski definition) is 1. The highest BCUT2D eigenvalue weighted by Gasteiger charge is 2.42. The number of fused-ring (bicyclic) bond motifs is 1. The van der Waals surface area contributed by atoms with Gasteiger partial charge in [-0.3, -0.25) is 9.59 Å². The van der Waals surface area contributed by atoms with Crippen molar-refractivity contribution in [3.8, 4) is 5.75 Å². The van der Waals surface area contributed by atoms with E-state index in [2.05, 4.69) is 5.32 Å². The molecule has 1 unspecified atom stereocenters. The van der Waals surface area contributed by atoms with Crippen LogP contribution in [0.2, 0.25) is 0 Å². The molecule has 0 aromatic heterocycles. The van der Waals surface area contributed by atoms with Gasteiger partial charge in [0.05, 0.1) is 18.7 Å². The minimum absolute atomic E-state index is 0.0560. The molecule has 0 radical (unpaired) electrons. The summed E-state index contributed by atoms with van der Waals surface area (Å²) < 4.78 is 31.0. The number of sulfonamides is 1. The first-order valence-electron chi connectivity index (χ1n) is 8.85. The summed E-state index contributed by atoms with van der Waals surface area (Å²) in [6.45, 7) is 3.33. The Bertz CT molecular complexity index is 1000. The maximum atomic E-state index is 12.6. The molecule has 8 heteroatoms. The lowest BCUT2D eigenvalue weighted by Crippen LogP contribution is -2.42. The van der Waals surface area contributed by atoms with Crippen LogP contribution in [0.1, 0.15) is 35.8 Å². The van der Waals surface area contributed by atoms with E-state index in [9.17, 15) is 18.0 Å². The van der Waals surface area contributed by atoms with Crippen LogP contribution in [0.25, 0.3) is 0 Å². The third-order valence-corrected chi connectivity index (χ3v) is 6.44. The van der Waals surface area contributed by atoms with Gasteiger partial charge in [0.15, 0.2) is 0 Å². The molecule has 0 fully saturated rings. The molecule has 0 aliphatic carbocycles. The summed E-state index contributed by atoms with van der Waals surface area (Å²) in [4.78, 5) is 25.0. The van der Waals surface area contributed by atoms with Gasteiger partial charge in [0.1, 0.15) is 17.2 Å². The summed E-state index contributed by atoms with van der Waals surface area (Å²) in [7, 11) is -2.44. The van der Waals surface area contributed by atoms with E-state index in [1.807, 2.05) is 26.0 Å². The zero-order valence-corrected chi connectivity index (χ0v) is 16.7. The van der Waals surface area contributed by atoms with Crippen LogP contribution in [0.15, 0.2) is 53.4 Å². The second-order valence-corrected chi connectivity index (χ2v) is 8.71. The van der Waals surface area contributed by atoms with Gasteiger partial charge in [0.2, 0.25) is 5.91 Å². The van der Waals surface area contributed by atoms with Gasteiger partial charge in [-0.15, -0.1) is 0 Å². The first-order chi connectivity index (χ1) is 13.3. The predicted molar refractivity (Wildman–Crippen MR) is 103 cm³/mol. The molecular weight excluding hydrogens is 380 g/mol. The summed E-state index contributed by atoms with van der Waals surface area (Å²) in [5, 5.41) is 2.84.